The van der Waals surface area contributed by atoms with Crippen molar-refractivity contribution in [3.63, 3.8) is 0 Å². The number of benzene rings is 1. The lowest BCUT2D eigenvalue weighted by Gasteiger charge is -2.12. The molecule has 1 N–H and O–H groups in total. The summed E-state index contributed by atoms with van der Waals surface area (Å²) in [6, 6.07) is 7.55. The van der Waals surface area contributed by atoms with Crippen LogP contribution in [0.15, 0.2) is 36.7 Å². The van der Waals surface area contributed by atoms with Gasteiger partial charge in [0.25, 0.3) is 0 Å². The van der Waals surface area contributed by atoms with E-state index >= 15 is 0 Å². The standard InChI is InChI=1S/C18H19Cl2N3.ClH/c1-3-4-9-23-10-8-13-17(23)12(2)11-21-18(13)22-16-14(19)6-5-7-15(16)20;/h5-8,10-11H,3-4,9H2,1-2H3,(H,21,22);1H. The molecule has 3 aromatic rings. The molecule has 0 bridgehead atoms. The molecule has 2 heterocycles. The number of hydrogen-bond acceptors (Lipinski definition) is 2. The second-order valence-corrected chi connectivity index (χ2v) is 6.45. The Morgan fingerprint density at radius 3 is 2.54 bits per heavy atom. The average molecular weight is 385 g/mol. The van der Waals surface area contributed by atoms with Crippen LogP contribution in [0.2, 0.25) is 10.0 Å². The fraction of sp³-hybridized carbons (Fsp3) is 0.278. The van der Waals surface area contributed by atoms with Gasteiger partial charge in [-0.1, -0.05) is 42.6 Å². The summed E-state index contributed by atoms with van der Waals surface area (Å²) >= 11 is 12.5. The number of anilines is 2. The van der Waals surface area contributed by atoms with Gasteiger partial charge in [0.1, 0.15) is 5.82 Å². The molecule has 3 nitrogen and oxygen atoms in total. The molecule has 0 fully saturated rings. The Morgan fingerprint density at radius 1 is 1.17 bits per heavy atom. The van der Waals surface area contributed by atoms with E-state index in [0.29, 0.717) is 15.7 Å². The van der Waals surface area contributed by atoms with Gasteiger partial charge < -0.3 is 9.88 Å². The van der Waals surface area contributed by atoms with Crippen molar-refractivity contribution in [2.45, 2.75) is 33.2 Å². The van der Waals surface area contributed by atoms with Crippen molar-refractivity contribution in [2.24, 2.45) is 0 Å². The molecule has 0 unspecified atom stereocenters. The van der Waals surface area contributed by atoms with Crippen LogP contribution in [0.1, 0.15) is 25.3 Å². The highest BCUT2D eigenvalue weighted by Crippen LogP contribution is 2.35. The summed E-state index contributed by atoms with van der Waals surface area (Å²) in [7, 11) is 0. The van der Waals surface area contributed by atoms with Crippen LogP contribution in [-0.2, 0) is 6.54 Å². The largest absolute Gasteiger partial charge is 0.347 e. The summed E-state index contributed by atoms with van der Waals surface area (Å²) in [5, 5.41) is 5.54. The average Bonchev–Trinajstić information content (AvgIpc) is 2.96. The maximum atomic E-state index is 6.26. The number of fused-ring (bicyclic) bond motifs is 1. The van der Waals surface area contributed by atoms with Gasteiger partial charge in [-0.2, -0.15) is 0 Å². The second kappa shape index (κ2) is 8.11. The Balaban J connectivity index is 0.00000208. The SMILES string of the molecule is CCCCn1ccc2c(Nc3c(Cl)cccc3Cl)ncc(C)c21.Cl. The van der Waals surface area contributed by atoms with Crippen molar-refractivity contribution < 1.29 is 0 Å². The highest BCUT2D eigenvalue weighted by Gasteiger charge is 2.12. The number of unbranched alkanes of at least 4 members (excludes halogenated alkanes) is 1. The molecule has 0 radical (unpaired) electrons. The van der Waals surface area contributed by atoms with Crippen LogP contribution in [-0.4, -0.2) is 9.55 Å². The van der Waals surface area contributed by atoms with Gasteiger partial charge in [0, 0.05) is 24.3 Å². The molecule has 0 aliphatic heterocycles. The molecule has 3 rings (SSSR count). The molecule has 24 heavy (non-hydrogen) atoms. The van der Waals surface area contributed by atoms with E-state index in [0.717, 1.165) is 29.7 Å². The van der Waals surface area contributed by atoms with Crippen molar-refractivity contribution in [1.29, 1.82) is 0 Å². The summed E-state index contributed by atoms with van der Waals surface area (Å²) in [6.07, 6.45) is 6.33. The van der Waals surface area contributed by atoms with E-state index < -0.39 is 0 Å². The van der Waals surface area contributed by atoms with Crippen LogP contribution in [0.4, 0.5) is 11.5 Å². The first-order valence-electron chi connectivity index (χ1n) is 7.77. The molecule has 0 aliphatic rings. The van der Waals surface area contributed by atoms with E-state index in [9.17, 15) is 0 Å². The Kier molecular flexibility index (Phi) is 6.39. The zero-order chi connectivity index (χ0) is 16.4. The molecule has 0 saturated heterocycles. The Morgan fingerprint density at radius 2 is 1.88 bits per heavy atom. The number of pyridine rings is 1. The van der Waals surface area contributed by atoms with E-state index in [-0.39, 0.29) is 12.4 Å². The van der Waals surface area contributed by atoms with Crippen LogP contribution in [0.25, 0.3) is 10.9 Å². The monoisotopic (exact) mass is 383 g/mol. The molecule has 1 aromatic carbocycles. The lowest BCUT2D eigenvalue weighted by molar-refractivity contribution is 0.649. The van der Waals surface area contributed by atoms with Gasteiger partial charge in [0.05, 0.1) is 21.2 Å². The van der Waals surface area contributed by atoms with Gasteiger partial charge in [0.2, 0.25) is 0 Å². The number of para-hydroxylation sites is 1. The van der Waals surface area contributed by atoms with E-state index in [1.165, 1.54) is 11.9 Å². The molecule has 2 aromatic heterocycles. The number of aromatic nitrogens is 2. The minimum atomic E-state index is 0. The third kappa shape index (κ3) is 3.64. The molecule has 128 valence electrons. The van der Waals surface area contributed by atoms with Crippen molar-refractivity contribution in [2.75, 3.05) is 5.32 Å². The van der Waals surface area contributed by atoms with Crippen LogP contribution < -0.4 is 5.32 Å². The van der Waals surface area contributed by atoms with E-state index in [4.69, 9.17) is 23.2 Å². The Hall–Kier alpha value is -1.42. The summed E-state index contributed by atoms with van der Waals surface area (Å²) in [5.41, 5.74) is 3.06. The van der Waals surface area contributed by atoms with E-state index in [1.807, 2.05) is 24.4 Å². The van der Waals surface area contributed by atoms with Gasteiger partial charge >= 0.3 is 0 Å². The molecule has 0 amide bonds. The number of nitrogens with zero attached hydrogens (tertiary/aromatic N) is 2. The zero-order valence-corrected chi connectivity index (χ0v) is 16.0. The molecular weight excluding hydrogens is 365 g/mol. The lowest BCUT2D eigenvalue weighted by atomic mass is 10.2. The lowest BCUT2D eigenvalue weighted by Crippen LogP contribution is -2.00. The molecule has 0 saturated carbocycles. The number of rotatable bonds is 5. The van der Waals surface area contributed by atoms with Crippen molar-refractivity contribution in [3.05, 3.63) is 52.3 Å². The van der Waals surface area contributed by atoms with Gasteiger partial charge in [-0.05, 0) is 37.1 Å². The topological polar surface area (TPSA) is 29.9 Å². The minimum Gasteiger partial charge on any atom is -0.347 e. The molecule has 6 heteroatoms. The summed E-state index contributed by atoms with van der Waals surface area (Å²) in [6.45, 7) is 5.30. The number of hydrogen-bond donors (Lipinski definition) is 1. The third-order valence-corrected chi connectivity index (χ3v) is 4.57. The Labute approximate surface area is 158 Å². The zero-order valence-electron chi connectivity index (χ0n) is 13.6. The number of nitrogens with one attached hydrogen (secondary N) is 1. The fourth-order valence-electron chi connectivity index (χ4n) is 2.74. The third-order valence-electron chi connectivity index (χ3n) is 3.94. The highest BCUT2D eigenvalue weighted by molar-refractivity contribution is 6.39. The molecule has 0 atom stereocenters. The van der Waals surface area contributed by atoms with Crippen LogP contribution in [0, 0.1) is 6.92 Å². The highest BCUT2D eigenvalue weighted by atomic mass is 35.5. The summed E-state index contributed by atoms with van der Waals surface area (Å²) in [4.78, 5) is 4.54. The first kappa shape index (κ1) is 18.9. The van der Waals surface area contributed by atoms with E-state index in [1.54, 1.807) is 0 Å². The maximum Gasteiger partial charge on any atom is 0.139 e. The van der Waals surface area contributed by atoms with Crippen molar-refractivity contribution in [3.8, 4) is 0 Å². The van der Waals surface area contributed by atoms with Crippen molar-refractivity contribution in [1.82, 2.24) is 9.55 Å². The summed E-state index contributed by atoms with van der Waals surface area (Å²) < 4.78 is 2.29. The second-order valence-electron chi connectivity index (χ2n) is 5.64. The van der Waals surface area contributed by atoms with Gasteiger partial charge in [-0.3, -0.25) is 0 Å². The van der Waals surface area contributed by atoms with Gasteiger partial charge in [0.15, 0.2) is 0 Å². The van der Waals surface area contributed by atoms with Gasteiger partial charge in [-0.25, -0.2) is 4.98 Å². The minimum absolute atomic E-state index is 0. The Bertz CT molecular complexity index is 823. The first-order valence-corrected chi connectivity index (χ1v) is 8.53. The molecule has 0 aliphatic carbocycles. The van der Waals surface area contributed by atoms with Crippen LogP contribution >= 0.6 is 35.6 Å². The first-order chi connectivity index (χ1) is 11.1. The van der Waals surface area contributed by atoms with Crippen LogP contribution in [0.3, 0.4) is 0 Å². The summed E-state index contributed by atoms with van der Waals surface area (Å²) in [5.74, 6) is 0.774. The quantitative estimate of drug-likeness (QED) is 0.536. The molecule has 0 spiro atoms. The van der Waals surface area contributed by atoms with Crippen molar-refractivity contribution >= 4 is 58.0 Å². The number of halogens is 3. The predicted octanol–water partition coefficient (Wildman–Crippen LogP) is 6.62. The normalized spacial score (nSPS) is 10.7. The smallest absolute Gasteiger partial charge is 0.139 e. The van der Waals surface area contributed by atoms with Gasteiger partial charge in [-0.15, -0.1) is 12.4 Å². The molecular formula is C18H20Cl3N3. The number of aryl methyl sites for hydroxylation is 2. The fourth-order valence-corrected chi connectivity index (χ4v) is 3.24. The predicted molar refractivity (Wildman–Crippen MR) is 106 cm³/mol. The van der Waals surface area contributed by atoms with E-state index in [2.05, 4.69) is 41.0 Å². The van der Waals surface area contributed by atoms with Crippen LogP contribution in [0.5, 0.6) is 0 Å². The maximum absolute atomic E-state index is 6.26.